The van der Waals surface area contributed by atoms with E-state index in [4.69, 9.17) is 4.42 Å². The minimum absolute atomic E-state index is 0.228. The molecule has 0 bridgehead atoms. The molecule has 1 N–H and O–H groups in total. The van der Waals surface area contributed by atoms with Gasteiger partial charge in [-0.05, 0) is 31.2 Å². The number of alkyl halides is 2. The van der Waals surface area contributed by atoms with E-state index in [1.165, 1.54) is 35.5 Å². The molecule has 0 fully saturated rings. The summed E-state index contributed by atoms with van der Waals surface area (Å²) in [5.74, 6) is -0.603. The van der Waals surface area contributed by atoms with Gasteiger partial charge in [-0.25, -0.2) is 9.37 Å². The summed E-state index contributed by atoms with van der Waals surface area (Å²) in [6.07, 6.45) is 3.16. The van der Waals surface area contributed by atoms with Crippen LogP contribution in [-0.2, 0) is 6.42 Å². The highest BCUT2D eigenvalue weighted by Gasteiger charge is 2.39. The Kier molecular flexibility index (Phi) is 4.16. The Labute approximate surface area is 168 Å². The van der Waals surface area contributed by atoms with Crippen LogP contribution in [0.15, 0.2) is 41.2 Å². The summed E-state index contributed by atoms with van der Waals surface area (Å²) in [6.45, 7) is -0.912. The molecule has 5 rings (SSSR count). The number of hydrogen-bond acceptors (Lipinski definition) is 4. The van der Waals surface area contributed by atoms with Crippen LogP contribution in [0.3, 0.4) is 0 Å². The molecule has 1 aliphatic heterocycles. The predicted octanol–water partition coefficient (Wildman–Crippen LogP) is 3.98. The molecule has 0 unspecified atom stereocenters. The maximum Gasteiger partial charge on any atom is 0.333 e. The first-order chi connectivity index (χ1) is 14.5. The zero-order chi connectivity index (χ0) is 21.0. The van der Waals surface area contributed by atoms with E-state index in [-0.39, 0.29) is 12.2 Å². The van der Waals surface area contributed by atoms with Gasteiger partial charge in [-0.3, -0.25) is 4.79 Å². The number of H-pyrrole nitrogens is 1. The molecule has 154 valence electrons. The first kappa shape index (κ1) is 18.5. The van der Waals surface area contributed by atoms with E-state index >= 15 is 0 Å². The fourth-order valence-electron chi connectivity index (χ4n) is 4.02. The molecule has 4 aromatic rings. The Hall–Kier alpha value is -3.56. The maximum atomic E-state index is 13.8. The number of aryl methyl sites for hydroxylation is 1. The average Bonchev–Trinajstić information content (AvgIpc) is 3.45. The standard InChI is InChI=1S/C20H16F3N5O2/c1-10-12-8-11(21)2-3-15(12)30-18(10)17-16-13(24-9-25-16)5-7-27(17)19(29)14-4-6-26-28(14)20(22)23/h2-4,6,8-9,17,20H,5,7H2,1H3,(H,24,25)/t17-/m0/s1. The third kappa shape index (κ3) is 2.71. The zero-order valence-corrected chi connectivity index (χ0v) is 15.8. The normalized spacial score (nSPS) is 16.4. The van der Waals surface area contributed by atoms with Crippen LogP contribution >= 0.6 is 0 Å². The first-order valence-corrected chi connectivity index (χ1v) is 9.29. The molecule has 0 saturated heterocycles. The number of hydrogen-bond donors (Lipinski definition) is 1. The predicted molar refractivity (Wildman–Crippen MR) is 99.6 cm³/mol. The number of furan rings is 1. The summed E-state index contributed by atoms with van der Waals surface area (Å²) in [6, 6.07) is 4.69. The smallest absolute Gasteiger partial charge is 0.333 e. The van der Waals surface area contributed by atoms with Crippen LogP contribution in [0.4, 0.5) is 13.2 Å². The van der Waals surface area contributed by atoms with Crippen molar-refractivity contribution in [3.05, 3.63) is 71.0 Å². The molecule has 0 aliphatic carbocycles. The number of benzene rings is 1. The number of carbonyl (C=O) groups is 1. The van der Waals surface area contributed by atoms with E-state index in [2.05, 4.69) is 15.1 Å². The summed E-state index contributed by atoms with van der Waals surface area (Å²) < 4.78 is 46.8. The third-order valence-corrected chi connectivity index (χ3v) is 5.44. The van der Waals surface area contributed by atoms with Gasteiger partial charge in [-0.2, -0.15) is 18.6 Å². The lowest BCUT2D eigenvalue weighted by Crippen LogP contribution is -2.41. The van der Waals surface area contributed by atoms with Crippen LogP contribution < -0.4 is 0 Å². The highest BCUT2D eigenvalue weighted by atomic mass is 19.3. The topological polar surface area (TPSA) is 80.0 Å². The Morgan fingerprint density at radius 2 is 2.17 bits per heavy atom. The summed E-state index contributed by atoms with van der Waals surface area (Å²) in [5.41, 5.74) is 2.30. The van der Waals surface area contributed by atoms with E-state index in [1.807, 2.05) is 0 Å². The lowest BCUT2D eigenvalue weighted by molar-refractivity contribution is 0.0436. The van der Waals surface area contributed by atoms with E-state index in [1.54, 1.807) is 6.92 Å². The Morgan fingerprint density at radius 3 is 2.97 bits per heavy atom. The van der Waals surface area contributed by atoms with E-state index in [0.29, 0.717) is 39.1 Å². The van der Waals surface area contributed by atoms with E-state index in [0.717, 1.165) is 11.9 Å². The van der Waals surface area contributed by atoms with Gasteiger partial charge in [0.25, 0.3) is 5.91 Å². The van der Waals surface area contributed by atoms with Gasteiger partial charge in [0.2, 0.25) is 0 Å². The number of aromatic nitrogens is 4. The third-order valence-electron chi connectivity index (χ3n) is 5.44. The number of imidazole rings is 1. The number of halogens is 3. The van der Waals surface area contributed by atoms with E-state index < -0.39 is 24.3 Å². The van der Waals surface area contributed by atoms with Crippen molar-refractivity contribution in [2.45, 2.75) is 25.9 Å². The maximum absolute atomic E-state index is 13.8. The van der Waals surface area contributed by atoms with Crippen molar-refractivity contribution in [2.75, 3.05) is 6.54 Å². The van der Waals surface area contributed by atoms with Gasteiger partial charge in [0.1, 0.15) is 28.9 Å². The second-order valence-electron chi connectivity index (χ2n) is 7.09. The second-order valence-corrected chi connectivity index (χ2v) is 7.09. The number of carbonyl (C=O) groups excluding carboxylic acids is 1. The van der Waals surface area contributed by atoms with Crippen LogP contribution in [0.2, 0.25) is 0 Å². The van der Waals surface area contributed by atoms with Crippen LogP contribution in [-0.4, -0.2) is 37.1 Å². The van der Waals surface area contributed by atoms with Crippen molar-refractivity contribution in [1.29, 1.82) is 0 Å². The number of nitrogens with zero attached hydrogens (tertiary/aromatic N) is 4. The van der Waals surface area contributed by atoms with Crippen molar-refractivity contribution < 1.29 is 22.4 Å². The number of amides is 1. The fourth-order valence-corrected chi connectivity index (χ4v) is 4.02. The van der Waals surface area contributed by atoms with Crippen LogP contribution in [0, 0.1) is 12.7 Å². The summed E-state index contributed by atoms with van der Waals surface area (Å²) in [4.78, 5) is 22.1. The van der Waals surface area contributed by atoms with Crippen LogP contribution in [0.1, 0.15) is 45.8 Å². The minimum atomic E-state index is -2.95. The molecule has 3 aromatic heterocycles. The lowest BCUT2D eigenvalue weighted by atomic mass is 9.97. The Morgan fingerprint density at radius 1 is 1.33 bits per heavy atom. The van der Waals surface area contributed by atoms with Gasteiger partial charge in [-0.1, -0.05) is 0 Å². The number of aromatic amines is 1. The zero-order valence-electron chi connectivity index (χ0n) is 15.8. The van der Waals surface area contributed by atoms with Gasteiger partial charge in [0, 0.05) is 35.8 Å². The molecule has 1 amide bonds. The molecule has 1 aliphatic rings. The monoisotopic (exact) mass is 415 g/mol. The Bertz CT molecular complexity index is 1260. The van der Waals surface area contributed by atoms with Gasteiger partial charge < -0.3 is 14.3 Å². The molecule has 4 heterocycles. The van der Waals surface area contributed by atoms with Crippen molar-refractivity contribution in [3.63, 3.8) is 0 Å². The van der Waals surface area contributed by atoms with Gasteiger partial charge in [-0.15, -0.1) is 0 Å². The average molecular weight is 415 g/mol. The second kappa shape index (κ2) is 6.75. The molecular weight excluding hydrogens is 399 g/mol. The number of nitrogens with one attached hydrogen (secondary N) is 1. The molecule has 7 nitrogen and oxygen atoms in total. The molecule has 30 heavy (non-hydrogen) atoms. The number of rotatable bonds is 3. The highest BCUT2D eigenvalue weighted by molar-refractivity contribution is 5.93. The lowest BCUT2D eigenvalue weighted by Gasteiger charge is -2.34. The van der Waals surface area contributed by atoms with Crippen LogP contribution in [0.5, 0.6) is 0 Å². The molecule has 10 heteroatoms. The first-order valence-electron chi connectivity index (χ1n) is 9.29. The van der Waals surface area contributed by atoms with Gasteiger partial charge in [0.15, 0.2) is 0 Å². The van der Waals surface area contributed by atoms with Crippen molar-refractivity contribution in [3.8, 4) is 0 Å². The van der Waals surface area contributed by atoms with Gasteiger partial charge in [0.05, 0.1) is 12.0 Å². The largest absolute Gasteiger partial charge is 0.458 e. The molecule has 0 spiro atoms. The minimum Gasteiger partial charge on any atom is -0.458 e. The quantitative estimate of drug-likeness (QED) is 0.549. The van der Waals surface area contributed by atoms with Crippen molar-refractivity contribution >= 4 is 16.9 Å². The summed E-state index contributed by atoms with van der Waals surface area (Å²) in [7, 11) is 0. The van der Waals surface area contributed by atoms with E-state index in [9.17, 15) is 18.0 Å². The van der Waals surface area contributed by atoms with Crippen LogP contribution in [0.25, 0.3) is 11.0 Å². The van der Waals surface area contributed by atoms with Crippen molar-refractivity contribution in [2.24, 2.45) is 0 Å². The van der Waals surface area contributed by atoms with Crippen molar-refractivity contribution in [1.82, 2.24) is 24.6 Å². The molecule has 1 aromatic carbocycles. The fraction of sp³-hybridized carbons (Fsp3) is 0.250. The Balaban J connectivity index is 1.66. The summed E-state index contributed by atoms with van der Waals surface area (Å²) >= 11 is 0. The summed E-state index contributed by atoms with van der Waals surface area (Å²) in [5, 5.41) is 4.14. The molecular formula is C20H16F3N5O2. The molecule has 0 saturated carbocycles. The number of fused-ring (bicyclic) bond motifs is 2. The molecule has 1 atom stereocenters. The molecule has 0 radical (unpaired) electrons. The highest BCUT2D eigenvalue weighted by Crippen LogP contribution is 2.39. The van der Waals surface area contributed by atoms with Gasteiger partial charge >= 0.3 is 6.55 Å². The SMILES string of the molecule is Cc1c([C@@H]2c3nc[nH]c3CCN2C(=O)c2ccnn2C(F)F)oc2ccc(F)cc12.